The Labute approximate surface area is 229 Å². The number of hydrogen-bond donors (Lipinski definition) is 3. The van der Waals surface area contributed by atoms with Crippen molar-refractivity contribution in [1.82, 2.24) is 10.2 Å². The van der Waals surface area contributed by atoms with Gasteiger partial charge < -0.3 is 19.9 Å². The molecule has 0 saturated carbocycles. The van der Waals surface area contributed by atoms with Crippen molar-refractivity contribution in [3.05, 3.63) is 90.2 Å². The Hall–Kier alpha value is -3.30. The highest BCUT2D eigenvalue weighted by Gasteiger charge is 2.32. The average molecular weight is 536 g/mol. The maximum Gasteiger partial charge on any atom is 0.243 e. The number of β-amino-alcohol motifs (C(OH)–C–C–N with tert-alkyl or cyclic N) is 1. The van der Waals surface area contributed by atoms with Crippen molar-refractivity contribution in [3.8, 4) is 11.5 Å². The van der Waals surface area contributed by atoms with Crippen molar-refractivity contribution in [2.24, 2.45) is 5.92 Å². The first kappa shape index (κ1) is 28.7. The molecule has 208 valence electrons. The zero-order valence-corrected chi connectivity index (χ0v) is 22.6. The van der Waals surface area contributed by atoms with E-state index >= 15 is 0 Å². The van der Waals surface area contributed by atoms with Crippen molar-refractivity contribution in [3.63, 3.8) is 0 Å². The quantitative estimate of drug-likeness (QED) is 0.278. The second-order valence-electron chi connectivity index (χ2n) is 10.5. The van der Waals surface area contributed by atoms with Crippen molar-refractivity contribution >= 4 is 11.6 Å². The summed E-state index contributed by atoms with van der Waals surface area (Å²) in [6.45, 7) is 6.62. The monoisotopic (exact) mass is 535 g/mol. The molecule has 4 rings (SSSR count). The van der Waals surface area contributed by atoms with Crippen LogP contribution < -0.4 is 15.4 Å². The number of piperidine rings is 1. The summed E-state index contributed by atoms with van der Waals surface area (Å²) >= 11 is 0. The van der Waals surface area contributed by atoms with Gasteiger partial charge in [0.15, 0.2) is 0 Å². The summed E-state index contributed by atoms with van der Waals surface area (Å²) in [4.78, 5) is 15.6. The van der Waals surface area contributed by atoms with E-state index in [4.69, 9.17) is 9.47 Å². The van der Waals surface area contributed by atoms with Gasteiger partial charge in [0.1, 0.15) is 29.1 Å². The molecule has 3 N–H and O–H groups in total. The fourth-order valence-corrected chi connectivity index (χ4v) is 4.81. The van der Waals surface area contributed by atoms with Crippen LogP contribution in [0.3, 0.4) is 0 Å². The van der Waals surface area contributed by atoms with E-state index in [0.29, 0.717) is 36.3 Å². The minimum atomic E-state index is -1.29. The number of benzene rings is 3. The number of carbonyl (C=O) groups is 1. The Kier molecular flexibility index (Phi) is 10.1. The first-order valence-corrected chi connectivity index (χ1v) is 13.4. The fraction of sp³-hybridized carbons (Fsp3) is 0.387. The van der Waals surface area contributed by atoms with Crippen LogP contribution in [0.4, 0.5) is 10.1 Å². The van der Waals surface area contributed by atoms with Crippen LogP contribution in [0.2, 0.25) is 0 Å². The van der Waals surface area contributed by atoms with Crippen LogP contribution in [0, 0.1) is 11.7 Å². The van der Waals surface area contributed by atoms with Gasteiger partial charge in [-0.3, -0.25) is 15.0 Å². The number of hydrogen-bond acceptors (Lipinski definition) is 6. The van der Waals surface area contributed by atoms with Gasteiger partial charge in [0, 0.05) is 18.8 Å². The van der Waals surface area contributed by atoms with E-state index in [1.165, 1.54) is 18.6 Å². The number of aliphatic hydroxyl groups is 1. The number of amides is 1. The number of nitrogens with one attached hydrogen (secondary N) is 2. The van der Waals surface area contributed by atoms with E-state index in [9.17, 15) is 14.3 Å². The normalized spacial score (nSPS) is 18.2. The topological polar surface area (TPSA) is 83.1 Å². The molecule has 3 atom stereocenters. The molecule has 1 aliphatic heterocycles. The lowest BCUT2D eigenvalue weighted by atomic mass is 9.99. The number of halogens is 1. The Morgan fingerprint density at radius 3 is 2.41 bits per heavy atom. The number of carbonyl (C=O) groups excluding carboxylic acids is 1. The molecular formula is C31H38FN3O4. The van der Waals surface area contributed by atoms with Crippen LogP contribution in [0.5, 0.6) is 11.5 Å². The molecule has 3 aromatic rings. The van der Waals surface area contributed by atoms with E-state index in [-0.39, 0.29) is 18.3 Å². The van der Waals surface area contributed by atoms with E-state index < -0.39 is 11.8 Å². The Morgan fingerprint density at radius 2 is 1.74 bits per heavy atom. The molecule has 0 bridgehead atoms. The van der Waals surface area contributed by atoms with Crippen LogP contribution in [0.15, 0.2) is 78.9 Å². The Balaban J connectivity index is 1.38. The molecule has 1 aliphatic rings. The highest BCUT2D eigenvalue weighted by molar-refractivity contribution is 5.95. The third-order valence-corrected chi connectivity index (χ3v) is 6.64. The predicted octanol–water partition coefficient (Wildman–Crippen LogP) is 5.17. The van der Waals surface area contributed by atoms with Gasteiger partial charge in [0.25, 0.3) is 0 Å². The van der Waals surface area contributed by atoms with Crippen LogP contribution in [0.25, 0.3) is 0 Å². The third kappa shape index (κ3) is 9.44. The van der Waals surface area contributed by atoms with Gasteiger partial charge in [0.2, 0.25) is 5.91 Å². The zero-order valence-electron chi connectivity index (χ0n) is 22.6. The first-order valence-electron chi connectivity index (χ1n) is 13.4. The Morgan fingerprint density at radius 1 is 1.08 bits per heavy atom. The minimum Gasteiger partial charge on any atom is -0.457 e. The van der Waals surface area contributed by atoms with E-state index in [2.05, 4.69) is 22.5 Å². The number of nitrogens with zero attached hydrogens (tertiary/aromatic N) is 1. The second kappa shape index (κ2) is 13.7. The standard InChI is InChI=1S/C31H38FN3O4/c1-23-7-6-18-35(19-23)22-31(2,37)34-29(21-38-20-24-8-4-3-5-9-24)30(36)33-26-12-16-28(17-13-26)39-27-14-10-25(32)11-15-27/h3-5,8-17,23,29,34,37H,6-7,18-22H2,1-2H3,(H,33,36)/t23?,29-,31?/m0/s1. The predicted molar refractivity (Wildman–Crippen MR) is 150 cm³/mol. The van der Waals surface area contributed by atoms with Gasteiger partial charge in [-0.15, -0.1) is 0 Å². The fourth-order valence-electron chi connectivity index (χ4n) is 4.81. The number of likely N-dealkylation sites (tertiary alicyclic amines) is 1. The maximum atomic E-state index is 13.3. The van der Waals surface area contributed by atoms with Gasteiger partial charge in [0.05, 0.1) is 13.2 Å². The number of ether oxygens (including phenoxy) is 2. The van der Waals surface area contributed by atoms with Gasteiger partial charge in [-0.05, 0) is 86.3 Å². The van der Waals surface area contributed by atoms with Crippen molar-refractivity contribution in [2.75, 3.05) is 31.6 Å². The zero-order chi connectivity index (χ0) is 27.7. The van der Waals surface area contributed by atoms with Crippen LogP contribution in [0.1, 0.15) is 32.3 Å². The molecule has 8 heteroatoms. The smallest absolute Gasteiger partial charge is 0.243 e. The molecule has 1 fully saturated rings. The molecule has 3 aromatic carbocycles. The molecule has 1 amide bonds. The summed E-state index contributed by atoms with van der Waals surface area (Å²) in [5.41, 5.74) is 0.287. The van der Waals surface area contributed by atoms with Gasteiger partial charge in [-0.2, -0.15) is 0 Å². The number of anilines is 1. The molecule has 0 aromatic heterocycles. The summed E-state index contributed by atoms with van der Waals surface area (Å²) in [7, 11) is 0. The van der Waals surface area contributed by atoms with Crippen LogP contribution in [-0.2, 0) is 16.1 Å². The molecule has 0 radical (unpaired) electrons. The molecule has 0 aliphatic carbocycles. The summed E-state index contributed by atoms with van der Waals surface area (Å²) in [6, 6.07) is 21.6. The van der Waals surface area contributed by atoms with Crippen LogP contribution in [-0.4, -0.2) is 53.9 Å². The minimum absolute atomic E-state index is 0.0824. The third-order valence-electron chi connectivity index (χ3n) is 6.64. The molecule has 0 spiro atoms. The molecular weight excluding hydrogens is 497 g/mol. The van der Waals surface area contributed by atoms with E-state index in [1.807, 2.05) is 30.3 Å². The van der Waals surface area contributed by atoms with Crippen molar-refractivity contribution in [1.29, 1.82) is 0 Å². The largest absolute Gasteiger partial charge is 0.457 e. The summed E-state index contributed by atoms with van der Waals surface area (Å²) in [6.07, 6.45) is 2.29. The Bertz CT molecular complexity index is 1170. The van der Waals surface area contributed by atoms with E-state index in [0.717, 1.165) is 25.1 Å². The summed E-state index contributed by atoms with van der Waals surface area (Å²) < 4.78 is 24.8. The molecule has 7 nitrogen and oxygen atoms in total. The molecule has 1 saturated heterocycles. The first-order chi connectivity index (χ1) is 18.8. The van der Waals surface area contributed by atoms with Gasteiger partial charge in [-0.25, -0.2) is 4.39 Å². The lowest BCUT2D eigenvalue weighted by molar-refractivity contribution is -0.123. The highest BCUT2D eigenvalue weighted by Crippen LogP contribution is 2.23. The average Bonchev–Trinajstić information content (AvgIpc) is 2.91. The van der Waals surface area contributed by atoms with Crippen molar-refractivity contribution < 1.29 is 23.8 Å². The van der Waals surface area contributed by atoms with E-state index in [1.54, 1.807) is 43.3 Å². The van der Waals surface area contributed by atoms with Gasteiger partial charge >= 0.3 is 0 Å². The lowest BCUT2D eigenvalue weighted by Crippen LogP contribution is -2.59. The SMILES string of the molecule is CC1CCCN(CC(C)(O)N[C@@H](COCc2ccccc2)C(=O)Nc2ccc(Oc3ccc(F)cc3)cc2)C1. The van der Waals surface area contributed by atoms with Gasteiger partial charge in [-0.1, -0.05) is 37.3 Å². The highest BCUT2D eigenvalue weighted by atomic mass is 19.1. The molecule has 39 heavy (non-hydrogen) atoms. The number of rotatable bonds is 12. The molecule has 2 unspecified atom stereocenters. The molecule has 1 heterocycles. The van der Waals surface area contributed by atoms with Crippen LogP contribution >= 0.6 is 0 Å². The van der Waals surface area contributed by atoms with Crippen molar-refractivity contribution in [2.45, 2.75) is 45.1 Å². The second-order valence-corrected chi connectivity index (χ2v) is 10.5. The summed E-state index contributed by atoms with van der Waals surface area (Å²) in [5, 5.41) is 17.3. The summed E-state index contributed by atoms with van der Waals surface area (Å²) in [5.74, 6) is 0.999. The maximum absolute atomic E-state index is 13.3. The lowest BCUT2D eigenvalue weighted by Gasteiger charge is -2.38.